The van der Waals surface area contributed by atoms with Crippen LogP contribution in [-0.4, -0.2) is 116 Å². The lowest BCUT2D eigenvalue weighted by molar-refractivity contribution is -0.179. The number of β-lactam (4-membered cyclic amide) rings is 1. The molecule has 3 atom stereocenters. The van der Waals surface area contributed by atoms with Crippen LogP contribution in [0.2, 0.25) is 0 Å². The summed E-state index contributed by atoms with van der Waals surface area (Å²) >= 11 is 7.75. The van der Waals surface area contributed by atoms with Gasteiger partial charge in [0.25, 0.3) is 5.91 Å². The third-order valence-electron chi connectivity index (χ3n) is 6.99. The number of aromatic nitrogens is 1. The predicted octanol–water partition coefficient (Wildman–Crippen LogP) is 1.11. The average Bonchev–Trinajstić information content (AvgIpc) is 3.66. The molecule has 0 aliphatic carbocycles. The van der Waals surface area contributed by atoms with E-state index in [1.165, 1.54) is 35.0 Å². The second-order valence-electron chi connectivity index (χ2n) is 11.9. The summed E-state index contributed by atoms with van der Waals surface area (Å²) in [6, 6.07) is -0.716. The van der Waals surface area contributed by atoms with Crippen molar-refractivity contribution in [2.75, 3.05) is 25.5 Å². The van der Waals surface area contributed by atoms with Crippen LogP contribution in [0.1, 0.15) is 51.7 Å². The van der Waals surface area contributed by atoms with Crippen molar-refractivity contribution in [2.45, 2.75) is 69.4 Å². The first-order valence-corrected chi connectivity index (χ1v) is 16.0. The molecule has 0 aromatic carbocycles. The highest BCUT2D eigenvalue weighted by molar-refractivity contribution is 8.02. The van der Waals surface area contributed by atoms with Crippen molar-refractivity contribution >= 4 is 84.0 Å². The average molecular weight is 683 g/mol. The number of hydrogen-bond donors (Lipinski definition) is 1. The normalized spacial score (nSPS) is 23.4. The van der Waals surface area contributed by atoms with E-state index < -0.39 is 62.9 Å². The highest BCUT2D eigenvalue weighted by atomic mass is 35.5. The number of esters is 1. The zero-order chi connectivity index (χ0) is 33.5. The minimum Gasteiger partial charge on any atom is -0.541 e. The van der Waals surface area contributed by atoms with Gasteiger partial charge in [-0.1, -0.05) is 16.9 Å². The van der Waals surface area contributed by atoms with Crippen LogP contribution in [0, 0.1) is 12.8 Å². The maximum atomic E-state index is 13.7. The minimum absolute atomic E-state index is 0.00655. The van der Waals surface area contributed by atoms with E-state index in [1.54, 1.807) is 33.1 Å². The lowest BCUT2D eigenvalue weighted by Crippen LogP contribution is -2.60. The number of nitrogens with one attached hydrogen (secondary N) is 1. The molecule has 3 saturated heterocycles. The van der Waals surface area contributed by atoms with Gasteiger partial charge in [0.15, 0.2) is 11.5 Å². The van der Waals surface area contributed by atoms with Crippen molar-refractivity contribution in [3.05, 3.63) is 16.1 Å². The van der Waals surface area contributed by atoms with Crippen LogP contribution < -0.4 is 5.43 Å². The Kier molecular flexibility index (Phi) is 9.80. The van der Waals surface area contributed by atoms with Crippen molar-refractivity contribution in [3.8, 4) is 0 Å². The molecular formula is C26H32BClN6O9S2. The number of thiazole rings is 1. The Balaban J connectivity index is 1.54. The number of hydrazine groups is 1. The Morgan fingerprint density at radius 2 is 1.89 bits per heavy atom. The number of thioether (sulfide) groups is 1. The summed E-state index contributed by atoms with van der Waals surface area (Å²) in [6.07, 6.45) is -0.335. The number of nitrogens with zero attached hydrogens (tertiary/aromatic N) is 5. The van der Waals surface area contributed by atoms with E-state index in [2.05, 4.69) is 20.2 Å². The van der Waals surface area contributed by atoms with Crippen LogP contribution in [0.15, 0.2) is 10.5 Å². The number of alkyl halides is 1. The molecule has 0 saturated carbocycles. The second kappa shape index (κ2) is 12.8. The van der Waals surface area contributed by atoms with Gasteiger partial charge in [0.05, 0.1) is 29.4 Å². The maximum absolute atomic E-state index is 13.7. The lowest BCUT2D eigenvalue weighted by Gasteiger charge is -2.40. The number of hydrogen-bond acceptors (Lipinski definition) is 13. The van der Waals surface area contributed by atoms with Gasteiger partial charge in [0.2, 0.25) is 16.4 Å². The number of aryl methyl sites for hydroxylation is 1. The van der Waals surface area contributed by atoms with Gasteiger partial charge in [0.1, 0.15) is 17.2 Å². The molecule has 3 aliphatic heterocycles. The molecule has 1 aromatic heterocycles. The summed E-state index contributed by atoms with van der Waals surface area (Å²) in [7, 11) is 5.25. The fraction of sp³-hybridized carbons (Fsp3) is 0.615. The van der Waals surface area contributed by atoms with Gasteiger partial charge in [-0.15, -0.1) is 22.9 Å². The van der Waals surface area contributed by atoms with E-state index in [4.69, 9.17) is 29.2 Å². The number of fused-ring (bicyclic) bond motifs is 1. The van der Waals surface area contributed by atoms with Gasteiger partial charge in [-0.05, 0) is 41.5 Å². The molecule has 15 nitrogen and oxygen atoms in total. The van der Waals surface area contributed by atoms with Crippen LogP contribution in [0.5, 0.6) is 0 Å². The van der Waals surface area contributed by atoms with E-state index in [-0.39, 0.29) is 43.3 Å². The van der Waals surface area contributed by atoms with Gasteiger partial charge < -0.3 is 19.1 Å². The molecule has 2 radical (unpaired) electrons. The summed E-state index contributed by atoms with van der Waals surface area (Å²) in [4.78, 5) is 88.3. The van der Waals surface area contributed by atoms with Crippen LogP contribution >= 0.6 is 34.7 Å². The van der Waals surface area contributed by atoms with Crippen molar-refractivity contribution in [1.82, 2.24) is 25.2 Å². The Morgan fingerprint density at radius 1 is 1.20 bits per heavy atom. The first-order chi connectivity index (χ1) is 20.9. The van der Waals surface area contributed by atoms with E-state index >= 15 is 0 Å². The monoisotopic (exact) mass is 682 g/mol. The van der Waals surface area contributed by atoms with Crippen LogP contribution in [-0.2, 0) is 38.2 Å². The number of Topliss-reactive ketones (excluding diaryl/α,β-unsaturated/α-hetero) is 1. The molecule has 19 heteroatoms. The topological polar surface area (TPSA) is 177 Å². The smallest absolute Gasteiger partial charge is 0.378 e. The van der Waals surface area contributed by atoms with E-state index in [0.29, 0.717) is 5.01 Å². The van der Waals surface area contributed by atoms with Crippen LogP contribution in [0.3, 0.4) is 0 Å². The molecule has 1 N–H and O–H groups in total. The third-order valence-corrected chi connectivity index (χ3v) is 9.74. The molecule has 4 heterocycles. The number of urea groups is 1. The quantitative estimate of drug-likeness (QED) is 0.0884. The highest BCUT2D eigenvalue weighted by Gasteiger charge is 2.66. The molecule has 4 rings (SSSR count). The number of carbonyl (C=O) groups is 6. The molecule has 0 unspecified atom stereocenters. The molecule has 0 spiro atoms. The van der Waals surface area contributed by atoms with E-state index in [0.717, 1.165) is 16.8 Å². The second-order valence-corrected chi connectivity index (χ2v) is 14.7. The molecule has 0 bridgehead atoms. The number of rotatable bonds is 11. The Morgan fingerprint density at radius 3 is 2.47 bits per heavy atom. The van der Waals surface area contributed by atoms with Gasteiger partial charge >= 0.3 is 26.0 Å². The third kappa shape index (κ3) is 6.91. The number of oxime groups is 1. The van der Waals surface area contributed by atoms with Gasteiger partial charge in [0, 0.05) is 18.3 Å². The molecule has 4 amide bonds. The van der Waals surface area contributed by atoms with Gasteiger partial charge in [-0.3, -0.25) is 29.5 Å². The maximum Gasteiger partial charge on any atom is 0.378 e. The number of carbonyl (C=O) groups excluding carboxylic acids is 6. The van der Waals surface area contributed by atoms with Crippen LogP contribution in [0.4, 0.5) is 4.79 Å². The van der Waals surface area contributed by atoms with Gasteiger partial charge in [-0.25, -0.2) is 19.6 Å². The van der Waals surface area contributed by atoms with E-state index in [9.17, 15) is 28.8 Å². The van der Waals surface area contributed by atoms with Crippen molar-refractivity contribution in [2.24, 2.45) is 11.1 Å². The number of ether oxygens (including phenoxy) is 1. The van der Waals surface area contributed by atoms with Gasteiger partial charge in [-0.2, -0.15) is 0 Å². The SMILES string of the molecule is [B]OC(=O)[C@@]1(N2CCN(NC(=O)CCl)C2=O)CN2C(=O)[C@@H](CC(=O)/C(=N\OC(C)(C)C(=O)OC(C)(C)C)c3csc(C)n3)[C@H]2S1. The largest absolute Gasteiger partial charge is 0.541 e. The van der Waals surface area contributed by atoms with Crippen molar-refractivity contribution in [3.63, 3.8) is 0 Å². The zero-order valence-corrected chi connectivity index (χ0v) is 27.8. The number of ketones is 1. The predicted molar refractivity (Wildman–Crippen MR) is 163 cm³/mol. The highest BCUT2D eigenvalue weighted by Crippen LogP contribution is 2.53. The summed E-state index contributed by atoms with van der Waals surface area (Å²) in [5.41, 5.74) is 0.00964. The summed E-state index contributed by atoms with van der Waals surface area (Å²) in [5.74, 6) is -4.61. The van der Waals surface area contributed by atoms with E-state index in [1.807, 2.05) is 0 Å². The molecule has 242 valence electrons. The van der Waals surface area contributed by atoms with Crippen LogP contribution in [0.25, 0.3) is 0 Å². The fourth-order valence-electron chi connectivity index (χ4n) is 4.79. The molecular weight excluding hydrogens is 651 g/mol. The molecule has 45 heavy (non-hydrogen) atoms. The zero-order valence-electron chi connectivity index (χ0n) is 25.4. The Labute approximate surface area is 273 Å². The summed E-state index contributed by atoms with van der Waals surface area (Å²) in [5, 5.41) is 6.58. The summed E-state index contributed by atoms with van der Waals surface area (Å²) < 4.78 is 9.96. The van der Waals surface area contributed by atoms with Crippen molar-refractivity contribution in [1.29, 1.82) is 0 Å². The lowest BCUT2D eigenvalue weighted by atomic mass is 9.90. The van der Waals surface area contributed by atoms with Crippen molar-refractivity contribution < 1.29 is 43.0 Å². The summed E-state index contributed by atoms with van der Waals surface area (Å²) in [6.45, 7) is 9.53. The molecule has 3 fully saturated rings. The Hall–Kier alpha value is -3.38. The first kappa shape index (κ1) is 34.5. The minimum atomic E-state index is -1.73. The fourth-order valence-corrected chi connectivity index (χ4v) is 7.19. The number of halogens is 1. The molecule has 1 aromatic rings. The number of amides is 4. The standard InChI is InChI=1S/C26H32BClN6O9S2/c1-13-29-15(11-44-13)18(31-43-25(5,6)21(38)41-24(2,3)4)16(35)9-14-19(37)32-12-26(22(39)42-27,45-20(14)32)33-7-8-34(23(33)40)30-17(36)10-28/h11,14,20H,7-10,12H2,1-6H3,(H,30,36)/b31-18-/t14-,20-,26-/m1/s1. The first-order valence-electron chi connectivity index (χ1n) is 13.7. The Bertz CT molecular complexity index is 1450. The molecule has 3 aliphatic rings.